The van der Waals surface area contributed by atoms with E-state index in [9.17, 15) is 13.2 Å². The number of hydrogen-bond acceptors (Lipinski definition) is 4. The van der Waals surface area contributed by atoms with Crippen molar-refractivity contribution < 1.29 is 13.2 Å². The Morgan fingerprint density at radius 2 is 1.86 bits per heavy atom. The number of hydrogen-bond donors (Lipinski definition) is 1. The second-order valence-corrected chi connectivity index (χ2v) is 8.23. The standard InChI is InChI=1S/C14H27N3O3S/c1-3-21(19,20)15-5-4-6-16-7-9-17(10-8-16)14(18)13-11-12(13)2/h12-13,15H,3-11H2,1-2H3/t12-,13+/m0/s1. The number of piperazine rings is 1. The molecule has 0 radical (unpaired) electrons. The summed E-state index contributed by atoms with van der Waals surface area (Å²) < 4.78 is 25.2. The maximum atomic E-state index is 12.1. The Morgan fingerprint density at radius 1 is 1.24 bits per heavy atom. The number of nitrogens with one attached hydrogen (secondary N) is 1. The lowest BCUT2D eigenvalue weighted by Gasteiger charge is -2.35. The van der Waals surface area contributed by atoms with Gasteiger partial charge in [0.15, 0.2) is 0 Å². The van der Waals surface area contributed by atoms with Crippen LogP contribution in [0.15, 0.2) is 0 Å². The molecule has 1 heterocycles. The quantitative estimate of drug-likeness (QED) is 0.677. The van der Waals surface area contributed by atoms with Crippen LogP contribution < -0.4 is 4.72 Å². The molecule has 2 atom stereocenters. The summed E-state index contributed by atoms with van der Waals surface area (Å²) in [7, 11) is -3.07. The summed E-state index contributed by atoms with van der Waals surface area (Å²) in [5, 5.41) is 0. The molecule has 1 amide bonds. The number of amides is 1. The van der Waals surface area contributed by atoms with Crippen LogP contribution in [0.1, 0.15) is 26.7 Å². The van der Waals surface area contributed by atoms with Gasteiger partial charge in [0.05, 0.1) is 5.75 Å². The average molecular weight is 317 g/mol. The molecule has 2 rings (SSSR count). The zero-order valence-corrected chi connectivity index (χ0v) is 13.9. The summed E-state index contributed by atoms with van der Waals surface area (Å²) in [6.45, 7) is 8.56. The Kier molecular flexibility index (Phi) is 5.62. The smallest absolute Gasteiger partial charge is 0.226 e. The molecule has 0 aromatic carbocycles. The van der Waals surface area contributed by atoms with E-state index < -0.39 is 10.0 Å². The molecule has 1 saturated heterocycles. The first-order valence-corrected chi connectivity index (χ1v) is 9.56. The van der Waals surface area contributed by atoms with Gasteiger partial charge < -0.3 is 4.90 Å². The SMILES string of the molecule is CCS(=O)(=O)NCCCN1CCN(C(=O)[C@@H]2C[C@@H]2C)CC1. The van der Waals surface area contributed by atoms with Gasteiger partial charge in [-0.3, -0.25) is 9.69 Å². The molecule has 1 aliphatic heterocycles. The second kappa shape index (κ2) is 7.07. The van der Waals surface area contributed by atoms with Crippen molar-refractivity contribution in [1.29, 1.82) is 0 Å². The van der Waals surface area contributed by atoms with Crippen molar-refractivity contribution in [3.63, 3.8) is 0 Å². The van der Waals surface area contributed by atoms with Gasteiger partial charge in [-0.2, -0.15) is 0 Å². The third-order valence-corrected chi connectivity index (χ3v) is 5.87. The van der Waals surface area contributed by atoms with Crippen molar-refractivity contribution in [2.75, 3.05) is 45.0 Å². The molecule has 0 aromatic heterocycles. The molecule has 0 spiro atoms. The minimum Gasteiger partial charge on any atom is -0.340 e. The molecule has 1 aliphatic carbocycles. The highest BCUT2D eigenvalue weighted by Gasteiger charge is 2.41. The minimum absolute atomic E-state index is 0.132. The lowest BCUT2D eigenvalue weighted by Crippen LogP contribution is -2.49. The highest BCUT2D eigenvalue weighted by atomic mass is 32.2. The van der Waals surface area contributed by atoms with Gasteiger partial charge in [-0.25, -0.2) is 13.1 Å². The Labute approximate surface area is 127 Å². The van der Waals surface area contributed by atoms with Crippen molar-refractivity contribution in [2.45, 2.75) is 26.7 Å². The van der Waals surface area contributed by atoms with Crippen LogP contribution in [-0.4, -0.2) is 69.1 Å². The molecule has 2 aliphatic rings. The van der Waals surface area contributed by atoms with Crippen LogP contribution in [-0.2, 0) is 14.8 Å². The van der Waals surface area contributed by atoms with E-state index in [1.807, 2.05) is 4.90 Å². The Balaban J connectivity index is 1.60. The molecular weight excluding hydrogens is 290 g/mol. The second-order valence-electron chi connectivity index (χ2n) is 6.14. The maximum Gasteiger partial charge on any atom is 0.226 e. The fourth-order valence-electron chi connectivity index (χ4n) is 2.72. The fourth-order valence-corrected chi connectivity index (χ4v) is 3.38. The summed E-state index contributed by atoms with van der Waals surface area (Å²) in [6, 6.07) is 0. The summed E-state index contributed by atoms with van der Waals surface area (Å²) >= 11 is 0. The highest BCUT2D eigenvalue weighted by Crippen LogP contribution is 2.39. The normalized spacial score (nSPS) is 26.9. The lowest BCUT2D eigenvalue weighted by atomic mass is 10.2. The van der Waals surface area contributed by atoms with Gasteiger partial charge >= 0.3 is 0 Å². The van der Waals surface area contributed by atoms with Gasteiger partial charge in [0.1, 0.15) is 0 Å². The summed E-state index contributed by atoms with van der Waals surface area (Å²) in [6.07, 6.45) is 1.86. The van der Waals surface area contributed by atoms with Crippen LogP contribution >= 0.6 is 0 Å². The molecule has 6 nitrogen and oxygen atoms in total. The summed E-state index contributed by atoms with van der Waals surface area (Å²) in [5.41, 5.74) is 0. The van der Waals surface area contributed by atoms with E-state index in [4.69, 9.17) is 0 Å². The molecule has 0 aromatic rings. The monoisotopic (exact) mass is 317 g/mol. The van der Waals surface area contributed by atoms with Crippen molar-refractivity contribution in [3.05, 3.63) is 0 Å². The van der Waals surface area contributed by atoms with Gasteiger partial charge in [-0.05, 0) is 32.2 Å². The van der Waals surface area contributed by atoms with Crippen molar-refractivity contribution in [1.82, 2.24) is 14.5 Å². The summed E-state index contributed by atoms with van der Waals surface area (Å²) in [5.74, 6) is 1.31. The molecular formula is C14H27N3O3S. The third kappa shape index (κ3) is 4.93. The van der Waals surface area contributed by atoms with Crippen LogP contribution in [0.5, 0.6) is 0 Å². The van der Waals surface area contributed by atoms with Crippen LogP contribution in [0.4, 0.5) is 0 Å². The van der Waals surface area contributed by atoms with Crippen LogP contribution in [0.25, 0.3) is 0 Å². The molecule has 1 N–H and O–H groups in total. The molecule has 1 saturated carbocycles. The number of sulfonamides is 1. The number of carbonyl (C=O) groups is 1. The van der Waals surface area contributed by atoms with E-state index in [1.165, 1.54) is 0 Å². The first-order chi connectivity index (χ1) is 9.93. The zero-order valence-electron chi connectivity index (χ0n) is 13.0. The van der Waals surface area contributed by atoms with Gasteiger partial charge in [-0.15, -0.1) is 0 Å². The van der Waals surface area contributed by atoms with Gasteiger partial charge in [-0.1, -0.05) is 6.92 Å². The topological polar surface area (TPSA) is 69.7 Å². The van der Waals surface area contributed by atoms with E-state index in [-0.39, 0.29) is 11.7 Å². The van der Waals surface area contributed by atoms with E-state index in [0.29, 0.717) is 18.4 Å². The molecule has 122 valence electrons. The van der Waals surface area contributed by atoms with Crippen LogP contribution in [0, 0.1) is 11.8 Å². The van der Waals surface area contributed by atoms with E-state index >= 15 is 0 Å². The van der Waals surface area contributed by atoms with E-state index in [0.717, 1.165) is 45.6 Å². The van der Waals surface area contributed by atoms with E-state index in [2.05, 4.69) is 16.5 Å². The molecule has 0 unspecified atom stereocenters. The van der Waals surface area contributed by atoms with Gasteiger partial charge in [0, 0.05) is 38.6 Å². The predicted octanol–water partition coefficient (Wildman–Crippen LogP) is 0.116. The molecule has 21 heavy (non-hydrogen) atoms. The van der Waals surface area contributed by atoms with Crippen molar-refractivity contribution in [2.24, 2.45) is 11.8 Å². The predicted molar refractivity (Wildman–Crippen MR) is 82.4 cm³/mol. The first kappa shape index (κ1) is 16.7. The fraction of sp³-hybridized carbons (Fsp3) is 0.929. The molecule has 0 bridgehead atoms. The molecule has 7 heteroatoms. The zero-order chi connectivity index (χ0) is 15.5. The highest BCUT2D eigenvalue weighted by molar-refractivity contribution is 7.89. The number of nitrogens with zero attached hydrogens (tertiary/aromatic N) is 2. The number of carbonyl (C=O) groups excluding carboxylic acids is 1. The minimum atomic E-state index is -3.07. The Bertz CT molecular complexity index is 458. The lowest BCUT2D eigenvalue weighted by molar-refractivity contribution is -0.134. The van der Waals surface area contributed by atoms with Gasteiger partial charge in [0.25, 0.3) is 0 Å². The van der Waals surface area contributed by atoms with Crippen molar-refractivity contribution >= 4 is 15.9 Å². The van der Waals surface area contributed by atoms with Gasteiger partial charge in [0.2, 0.25) is 15.9 Å². The Morgan fingerprint density at radius 3 is 2.38 bits per heavy atom. The van der Waals surface area contributed by atoms with Crippen LogP contribution in [0.3, 0.4) is 0 Å². The average Bonchev–Trinajstić information content (AvgIpc) is 3.20. The first-order valence-electron chi connectivity index (χ1n) is 7.91. The van der Waals surface area contributed by atoms with Crippen molar-refractivity contribution in [3.8, 4) is 0 Å². The van der Waals surface area contributed by atoms with E-state index in [1.54, 1.807) is 6.92 Å². The molecule has 2 fully saturated rings. The largest absolute Gasteiger partial charge is 0.340 e. The Hall–Kier alpha value is -0.660. The van der Waals surface area contributed by atoms with Crippen LogP contribution in [0.2, 0.25) is 0 Å². The summed E-state index contributed by atoms with van der Waals surface area (Å²) in [4.78, 5) is 16.4. The number of rotatable bonds is 7. The third-order valence-electron chi connectivity index (χ3n) is 4.46. The maximum absolute atomic E-state index is 12.1.